The van der Waals surface area contributed by atoms with Crippen LogP contribution in [0.25, 0.3) is 0 Å². The van der Waals surface area contributed by atoms with Gasteiger partial charge in [-0.25, -0.2) is 4.98 Å². The van der Waals surface area contributed by atoms with E-state index < -0.39 is 0 Å². The predicted octanol–water partition coefficient (Wildman–Crippen LogP) is 2.37. The van der Waals surface area contributed by atoms with Crippen molar-refractivity contribution < 1.29 is 4.74 Å². The average molecular weight is 245 g/mol. The molecule has 72 valence electrons. The van der Waals surface area contributed by atoms with Gasteiger partial charge in [-0.1, -0.05) is 0 Å². The Morgan fingerprint density at radius 3 is 2.69 bits per heavy atom. The largest absolute Gasteiger partial charge is 0.381 e. The summed E-state index contributed by atoms with van der Waals surface area (Å²) in [5.74, 6) is 1.66. The van der Waals surface area contributed by atoms with Crippen LogP contribution in [0.2, 0.25) is 0 Å². The Morgan fingerprint density at radius 2 is 2.15 bits per heavy atom. The second-order valence-corrected chi connectivity index (χ2v) is 4.18. The molecule has 1 aliphatic heterocycles. The van der Waals surface area contributed by atoms with E-state index in [0.29, 0.717) is 5.92 Å². The molecular weight excluding hydrogens is 232 g/mol. The Bertz CT molecular complexity index is 272. The average Bonchev–Trinajstić information content (AvgIpc) is 2.49. The van der Waals surface area contributed by atoms with Crippen molar-refractivity contribution >= 4 is 15.9 Å². The van der Waals surface area contributed by atoms with Crippen LogP contribution in [-0.4, -0.2) is 23.2 Å². The summed E-state index contributed by atoms with van der Waals surface area (Å²) in [6.07, 6.45) is 2.17. The summed E-state index contributed by atoms with van der Waals surface area (Å²) < 4.78 is 6.24. The second kappa shape index (κ2) is 3.80. The van der Waals surface area contributed by atoms with E-state index in [2.05, 4.69) is 25.9 Å². The molecule has 0 saturated carbocycles. The molecule has 1 aromatic heterocycles. The second-order valence-electron chi connectivity index (χ2n) is 3.42. The van der Waals surface area contributed by atoms with Crippen LogP contribution in [0, 0.1) is 6.92 Å². The maximum atomic E-state index is 5.30. The third-order valence-electron chi connectivity index (χ3n) is 2.45. The summed E-state index contributed by atoms with van der Waals surface area (Å²) in [5, 5.41) is 0. The molecule has 1 aromatic rings. The molecule has 0 amide bonds. The van der Waals surface area contributed by atoms with Gasteiger partial charge in [0.1, 0.15) is 10.4 Å². The number of H-pyrrole nitrogens is 1. The highest BCUT2D eigenvalue weighted by Crippen LogP contribution is 2.26. The van der Waals surface area contributed by atoms with Gasteiger partial charge in [0.25, 0.3) is 0 Å². The van der Waals surface area contributed by atoms with Crippen molar-refractivity contribution in [3.05, 3.63) is 16.1 Å². The lowest BCUT2D eigenvalue weighted by atomic mass is 10.00. The zero-order chi connectivity index (χ0) is 9.26. The number of aromatic nitrogens is 2. The molecule has 2 heterocycles. The first-order valence-corrected chi connectivity index (χ1v) is 5.36. The third-order valence-corrected chi connectivity index (χ3v) is 3.22. The van der Waals surface area contributed by atoms with Gasteiger partial charge in [0.15, 0.2) is 0 Å². The van der Waals surface area contributed by atoms with E-state index in [1.54, 1.807) is 0 Å². The molecule has 1 aliphatic rings. The number of halogens is 1. The molecule has 2 rings (SSSR count). The van der Waals surface area contributed by atoms with E-state index in [-0.39, 0.29) is 0 Å². The number of aryl methyl sites for hydroxylation is 1. The Labute approximate surface area is 86.0 Å². The smallest absolute Gasteiger partial charge is 0.127 e. The van der Waals surface area contributed by atoms with Gasteiger partial charge in [0, 0.05) is 24.8 Å². The van der Waals surface area contributed by atoms with Gasteiger partial charge < -0.3 is 9.72 Å². The molecule has 0 aromatic carbocycles. The first-order chi connectivity index (χ1) is 6.27. The lowest BCUT2D eigenvalue weighted by Crippen LogP contribution is -2.15. The van der Waals surface area contributed by atoms with Crippen molar-refractivity contribution in [1.82, 2.24) is 9.97 Å². The van der Waals surface area contributed by atoms with Gasteiger partial charge in [-0.3, -0.25) is 0 Å². The standard InChI is InChI=1S/C9H13BrN2O/c1-6-8(10)12-9(11-6)7-2-4-13-5-3-7/h7H,2-5H2,1H3,(H,11,12). The molecule has 4 heteroatoms. The van der Waals surface area contributed by atoms with E-state index in [1.165, 1.54) is 0 Å². The fourth-order valence-corrected chi connectivity index (χ4v) is 1.92. The minimum Gasteiger partial charge on any atom is -0.381 e. The Balaban J connectivity index is 2.14. The van der Waals surface area contributed by atoms with Crippen molar-refractivity contribution in [2.75, 3.05) is 13.2 Å². The quantitative estimate of drug-likeness (QED) is 0.824. The van der Waals surface area contributed by atoms with Crippen LogP contribution in [0.15, 0.2) is 4.60 Å². The molecule has 1 N–H and O–H groups in total. The van der Waals surface area contributed by atoms with E-state index in [1.807, 2.05) is 6.92 Å². The number of nitrogens with zero attached hydrogens (tertiary/aromatic N) is 1. The highest BCUT2D eigenvalue weighted by molar-refractivity contribution is 9.10. The Kier molecular flexibility index (Phi) is 2.69. The molecule has 3 nitrogen and oxygen atoms in total. The number of hydrogen-bond donors (Lipinski definition) is 1. The lowest BCUT2D eigenvalue weighted by molar-refractivity contribution is 0.0837. The highest BCUT2D eigenvalue weighted by Gasteiger charge is 2.19. The lowest BCUT2D eigenvalue weighted by Gasteiger charge is -2.19. The Hall–Kier alpha value is -0.350. The van der Waals surface area contributed by atoms with E-state index in [9.17, 15) is 0 Å². The van der Waals surface area contributed by atoms with Crippen molar-refractivity contribution in [2.45, 2.75) is 25.7 Å². The van der Waals surface area contributed by atoms with Crippen LogP contribution in [0.3, 0.4) is 0 Å². The molecule has 1 fully saturated rings. The summed E-state index contributed by atoms with van der Waals surface area (Å²) in [5.41, 5.74) is 1.11. The number of hydrogen-bond acceptors (Lipinski definition) is 2. The minimum absolute atomic E-state index is 0.554. The van der Waals surface area contributed by atoms with Crippen molar-refractivity contribution in [1.29, 1.82) is 0 Å². The van der Waals surface area contributed by atoms with Crippen LogP contribution in [0.4, 0.5) is 0 Å². The zero-order valence-electron chi connectivity index (χ0n) is 7.64. The first kappa shape index (κ1) is 9.21. The summed E-state index contributed by atoms with van der Waals surface area (Å²) in [6, 6.07) is 0. The molecule has 0 atom stereocenters. The molecule has 0 bridgehead atoms. The summed E-state index contributed by atoms with van der Waals surface area (Å²) in [4.78, 5) is 7.74. The van der Waals surface area contributed by atoms with E-state index in [0.717, 1.165) is 42.2 Å². The van der Waals surface area contributed by atoms with Gasteiger partial charge in [0.2, 0.25) is 0 Å². The van der Waals surface area contributed by atoms with Gasteiger partial charge in [-0.15, -0.1) is 0 Å². The third kappa shape index (κ3) is 1.94. The minimum atomic E-state index is 0.554. The molecular formula is C9H13BrN2O. The van der Waals surface area contributed by atoms with Crippen LogP contribution in [0.1, 0.15) is 30.3 Å². The SMILES string of the molecule is Cc1[nH]c(C2CCOCC2)nc1Br. The maximum absolute atomic E-state index is 5.30. The fourth-order valence-electron chi connectivity index (χ4n) is 1.63. The number of ether oxygens (including phenoxy) is 1. The molecule has 0 aliphatic carbocycles. The predicted molar refractivity (Wildman–Crippen MR) is 53.8 cm³/mol. The molecule has 0 radical (unpaired) electrons. The number of aromatic amines is 1. The van der Waals surface area contributed by atoms with Gasteiger partial charge in [-0.05, 0) is 35.7 Å². The van der Waals surface area contributed by atoms with Crippen molar-refractivity contribution in [3.8, 4) is 0 Å². The summed E-state index contributed by atoms with van der Waals surface area (Å²) in [6.45, 7) is 3.75. The maximum Gasteiger partial charge on any atom is 0.127 e. The Morgan fingerprint density at radius 1 is 1.46 bits per heavy atom. The molecule has 0 spiro atoms. The first-order valence-electron chi connectivity index (χ1n) is 4.57. The summed E-state index contributed by atoms with van der Waals surface area (Å²) in [7, 11) is 0. The number of rotatable bonds is 1. The molecule has 0 unspecified atom stereocenters. The number of nitrogens with one attached hydrogen (secondary N) is 1. The normalized spacial score (nSPS) is 19.2. The van der Waals surface area contributed by atoms with Gasteiger partial charge in [-0.2, -0.15) is 0 Å². The van der Waals surface area contributed by atoms with E-state index in [4.69, 9.17) is 4.74 Å². The fraction of sp³-hybridized carbons (Fsp3) is 0.667. The van der Waals surface area contributed by atoms with Crippen molar-refractivity contribution in [3.63, 3.8) is 0 Å². The summed E-state index contributed by atoms with van der Waals surface area (Å²) >= 11 is 3.41. The highest BCUT2D eigenvalue weighted by atomic mass is 79.9. The van der Waals surface area contributed by atoms with Crippen LogP contribution >= 0.6 is 15.9 Å². The van der Waals surface area contributed by atoms with E-state index >= 15 is 0 Å². The molecule has 13 heavy (non-hydrogen) atoms. The topological polar surface area (TPSA) is 37.9 Å². The van der Waals surface area contributed by atoms with Crippen molar-refractivity contribution in [2.24, 2.45) is 0 Å². The number of imidazole rings is 1. The van der Waals surface area contributed by atoms with Crippen LogP contribution in [0.5, 0.6) is 0 Å². The van der Waals surface area contributed by atoms with Gasteiger partial charge >= 0.3 is 0 Å². The molecule has 1 saturated heterocycles. The zero-order valence-corrected chi connectivity index (χ0v) is 9.23. The van der Waals surface area contributed by atoms with Gasteiger partial charge in [0.05, 0.1) is 0 Å². The monoisotopic (exact) mass is 244 g/mol. The van der Waals surface area contributed by atoms with Crippen LogP contribution < -0.4 is 0 Å². The van der Waals surface area contributed by atoms with Crippen LogP contribution in [-0.2, 0) is 4.74 Å².